The number of pyridine rings is 1. The van der Waals surface area contributed by atoms with Gasteiger partial charge in [0.2, 0.25) is 0 Å². The number of aromatic nitrogens is 1. The number of benzene rings is 1. The number of ether oxygens (including phenoxy) is 1. The van der Waals surface area contributed by atoms with Crippen molar-refractivity contribution in [2.45, 2.75) is 26.0 Å². The van der Waals surface area contributed by atoms with Crippen molar-refractivity contribution in [3.05, 3.63) is 94.3 Å². The second-order valence-corrected chi connectivity index (χ2v) is 6.47. The molecular formula is C22H24N2O4. The average Bonchev–Trinajstić information content (AvgIpc) is 3.18. The Kier molecular flexibility index (Phi) is 6.81. The van der Waals surface area contributed by atoms with Gasteiger partial charge < -0.3 is 19.0 Å². The van der Waals surface area contributed by atoms with Crippen LogP contribution in [0, 0.1) is 0 Å². The van der Waals surface area contributed by atoms with Crippen LogP contribution in [0.1, 0.15) is 41.3 Å². The van der Waals surface area contributed by atoms with E-state index in [9.17, 15) is 9.59 Å². The zero-order chi connectivity index (χ0) is 19.8. The summed E-state index contributed by atoms with van der Waals surface area (Å²) in [4.78, 5) is 23.9. The molecular weight excluding hydrogens is 356 g/mol. The molecule has 6 nitrogen and oxygen atoms in total. The number of rotatable bonds is 9. The van der Waals surface area contributed by atoms with Gasteiger partial charge in [-0.3, -0.25) is 9.59 Å². The molecule has 3 aromatic rings. The third kappa shape index (κ3) is 5.44. The van der Waals surface area contributed by atoms with Gasteiger partial charge >= 0.3 is 0 Å². The van der Waals surface area contributed by atoms with Crippen molar-refractivity contribution in [3.63, 3.8) is 0 Å². The largest absolute Gasteiger partial charge is 0.454 e. The van der Waals surface area contributed by atoms with E-state index in [-0.39, 0.29) is 29.9 Å². The van der Waals surface area contributed by atoms with Gasteiger partial charge in [-0.1, -0.05) is 36.4 Å². The summed E-state index contributed by atoms with van der Waals surface area (Å²) in [7, 11) is 0. The molecule has 0 aliphatic carbocycles. The van der Waals surface area contributed by atoms with Crippen molar-refractivity contribution in [2.75, 3.05) is 13.2 Å². The smallest absolute Gasteiger partial charge is 0.286 e. The topological polar surface area (TPSA) is 73.5 Å². The summed E-state index contributed by atoms with van der Waals surface area (Å²) in [5, 5.41) is 2.82. The lowest BCUT2D eigenvalue weighted by Crippen LogP contribution is -2.25. The summed E-state index contributed by atoms with van der Waals surface area (Å²) in [6, 6.07) is 18.3. The minimum atomic E-state index is -0.275. The number of nitrogens with one attached hydrogen (secondary N) is 1. The number of amides is 1. The normalized spacial score (nSPS) is 11.9. The quantitative estimate of drug-likeness (QED) is 0.578. The number of hydrogen-bond acceptors (Lipinski definition) is 4. The first-order chi connectivity index (χ1) is 13.6. The first kappa shape index (κ1) is 19.6. The van der Waals surface area contributed by atoms with Crippen LogP contribution in [0.2, 0.25) is 0 Å². The van der Waals surface area contributed by atoms with Crippen molar-refractivity contribution in [2.24, 2.45) is 0 Å². The second kappa shape index (κ2) is 9.71. The van der Waals surface area contributed by atoms with Crippen LogP contribution >= 0.6 is 0 Å². The highest BCUT2D eigenvalue weighted by atomic mass is 16.5. The highest BCUT2D eigenvalue weighted by Gasteiger charge is 2.11. The minimum absolute atomic E-state index is 0.0194. The van der Waals surface area contributed by atoms with Gasteiger partial charge in [0.1, 0.15) is 5.76 Å². The highest BCUT2D eigenvalue weighted by Crippen LogP contribution is 2.15. The van der Waals surface area contributed by atoms with E-state index in [0.717, 1.165) is 5.56 Å². The molecule has 0 aliphatic rings. The molecule has 1 aromatic carbocycles. The molecule has 0 radical (unpaired) electrons. The molecule has 0 fully saturated rings. The minimum Gasteiger partial charge on any atom is -0.454 e. The molecule has 0 aliphatic heterocycles. The second-order valence-electron chi connectivity index (χ2n) is 6.47. The molecule has 28 heavy (non-hydrogen) atoms. The molecule has 1 atom stereocenters. The Morgan fingerprint density at radius 1 is 1.11 bits per heavy atom. The van der Waals surface area contributed by atoms with Gasteiger partial charge in [0.25, 0.3) is 11.5 Å². The molecule has 3 rings (SSSR count). The molecule has 146 valence electrons. The number of carbonyl (C=O) groups is 1. The Hall–Kier alpha value is -3.12. The summed E-state index contributed by atoms with van der Waals surface area (Å²) in [6.07, 6.45) is 2.41. The fourth-order valence-electron chi connectivity index (χ4n) is 2.79. The van der Waals surface area contributed by atoms with Gasteiger partial charge in [-0.2, -0.15) is 0 Å². The maximum Gasteiger partial charge on any atom is 0.286 e. The Morgan fingerprint density at radius 3 is 2.68 bits per heavy atom. The summed E-state index contributed by atoms with van der Waals surface area (Å²) < 4.78 is 12.9. The lowest BCUT2D eigenvalue weighted by atomic mass is 10.1. The Bertz CT molecular complexity index is 946. The van der Waals surface area contributed by atoms with Crippen LogP contribution in [0.4, 0.5) is 0 Å². The number of furan rings is 1. The summed E-state index contributed by atoms with van der Waals surface area (Å²) in [5.74, 6) is 0.513. The van der Waals surface area contributed by atoms with Gasteiger partial charge in [0.15, 0.2) is 5.76 Å². The molecule has 0 spiro atoms. The van der Waals surface area contributed by atoms with Crippen molar-refractivity contribution in [1.82, 2.24) is 9.88 Å². The van der Waals surface area contributed by atoms with Gasteiger partial charge in [0, 0.05) is 25.4 Å². The molecule has 2 aromatic heterocycles. The van der Waals surface area contributed by atoms with E-state index in [2.05, 4.69) is 5.32 Å². The molecule has 1 unspecified atom stereocenters. The van der Waals surface area contributed by atoms with Crippen molar-refractivity contribution >= 4 is 5.91 Å². The van der Waals surface area contributed by atoms with E-state index in [1.54, 1.807) is 30.5 Å². The van der Waals surface area contributed by atoms with Gasteiger partial charge in [-0.15, -0.1) is 0 Å². The van der Waals surface area contributed by atoms with Crippen molar-refractivity contribution in [1.29, 1.82) is 0 Å². The lowest BCUT2D eigenvalue weighted by molar-refractivity contribution is 0.0633. The zero-order valence-corrected chi connectivity index (χ0v) is 15.8. The Labute approximate surface area is 163 Å². The zero-order valence-electron chi connectivity index (χ0n) is 15.8. The van der Waals surface area contributed by atoms with Gasteiger partial charge in [-0.05, 0) is 37.1 Å². The van der Waals surface area contributed by atoms with Crippen LogP contribution in [0.15, 0.2) is 76.1 Å². The maximum absolute atomic E-state index is 12.2. The molecule has 0 saturated carbocycles. The van der Waals surface area contributed by atoms with E-state index in [1.165, 1.54) is 10.6 Å². The van der Waals surface area contributed by atoms with Crippen LogP contribution in [-0.4, -0.2) is 23.6 Å². The summed E-state index contributed by atoms with van der Waals surface area (Å²) >= 11 is 0. The predicted octanol–water partition coefficient (Wildman–Crippen LogP) is 3.39. The third-order valence-electron chi connectivity index (χ3n) is 4.35. The van der Waals surface area contributed by atoms with Gasteiger partial charge in [-0.25, -0.2) is 0 Å². The van der Waals surface area contributed by atoms with Gasteiger partial charge in [0.05, 0.1) is 12.6 Å². The summed E-state index contributed by atoms with van der Waals surface area (Å²) in [5.41, 5.74) is 1.02. The van der Waals surface area contributed by atoms with Crippen LogP contribution in [0.5, 0.6) is 0 Å². The molecule has 1 N–H and O–H groups in total. The first-order valence-corrected chi connectivity index (χ1v) is 9.32. The van der Waals surface area contributed by atoms with E-state index in [0.29, 0.717) is 25.3 Å². The lowest BCUT2D eigenvalue weighted by Gasteiger charge is -2.13. The average molecular weight is 380 g/mol. The van der Waals surface area contributed by atoms with Crippen LogP contribution in [-0.2, 0) is 11.3 Å². The Balaban J connectivity index is 1.40. The molecule has 0 saturated heterocycles. The molecule has 6 heteroatoms. The number of carbonyl (C=O) groups excluding carboxylic acids is 1. The fraction of sp³-hybridized carbons (Fsp3) is 0.273. The van der Waals surface area contributed by atoms with E-state index in [1.807, 2.05) is 37.3 Å². The molecule has 2 heterocycles. The summed E-state index contributed by atoms with van der Waals surface area (Å²) in [6.45, 7) is 3.35. The predicted molar refractivity (Wildman–Crippen MR) is 106 cm³/mol. The van der Waals surface area contributed by atoms with E-state index >= 15 is 0 Å². The van der Waals surface area contributed by atoms with Crippen LogP contribution in [0.25, 0.3) is 0 Å². The highest BCUT2D eigenvalue weighted by molar-refractivity contribution is 5.91. The van der Waals surface area contributed by atoms with E-state index < -0.39 is 0 Å². The standard InChI is InChI=1S/C22H24N2O4/c1-17(18-8-3-2-4-9-18)27-15-7-13-23-22(26)20-12-11-19(28-20)16-24-14-6-5-10-21(24)25/h2-6,8-12,14,17H,7,13,15-16H2,1H3,(H,23,26). The van der Waals surface area contributed by atoms with Crippen LogP contribution in [0.3, 0.4) is 0 Å². The fourth-order valence-corrected chi connectivity index (χ4v) is 2.79. The molecule has 1 amide bonds. The van der Waals surface area contributed by atoms with Crippen molar-refractivity contribution < 1.29 is 13.9 Å². The molecule has 0 bridgehead atoms. The Morgan fingerprint density at radius 2 is 1.89 bits per heavy atom. The monoisotopic (exact) mass is 380 g/mol. The van der Waals surface area contributed by atoms with Crippen molar-refractivity contribution in [3.8, 4) is 0 Å². The first-order valence-electron chi connectivity index (χ1n) is 9.32. The van der Waals surface area contributed by atoms with E-state index in [4.69, 9.17) is 9.15 Å². The SMILES string of the molecule is CC(OCCCNC(=O)c1ccc(Cn2ccccc2=O)o1)c1ccccc1. The van der Waals surface area contributed by atoms with Crippen LogP contribution < -0.4 is 10.9 Å². The number of nitrogens with zero attached hydrogens (tertiary/aromatic N) is 1. The maximum atomic E-state index is 12.2. The third-order valence-corrected chi connectivity index (χ3v) is 4.35. The number of hydrogen-bond donors (Lipinski definition) is 1.